The molecule has 0 N–H and O–H groups in total. The van der Waals surface area contributed by atoms with Gasteiger partial charge in [-0.05, 0) is 29.1 Å². The number of esters is 2. The van der Waals surface area contributed by atoms with Crippen LogP contribution in [0.2, 0.25) is 0 Å². The van der Waals surface area contributed by atoms with Crippen molar-refractivity contribution in [2.24, 2.45) is 5.41 Å². The molecule has 1 aliphatic rings. The maximum Gasteiger partial charge on any atom is 0.325 e. The number of furan rings is 1. The van der Waals surface area contributed by atoms with Crippen molar-refractivity contribution in [1.29, 1.82) is 0 Å². The molecule has 3 aromatic rings. The quantitative estimate of drug-likeness (QED) is 0.417. The van der Waals surface area contributed by atoms with Gasteiger partial charge in [-0.2, -0.15) is 5.06 Å². The van der Waals surface area contributed by atoms with Gasteiger partial charge in [0.25, 0.3) is 0 Å². The molecule has 1 aliphatic heterocycles. The van der Waals surface area contributed by atoms with Crippen LogP contribution >= 0.6 is 11.3 Å². The van der Waals surface area contributed by atoms with E-state index in [0.717, 1.165) is 10.4 Å². The van der Waals surface area contributed by atoms with Crippen molar-refractivity contribution in [2.45, 2.75) is 25.1 Å². The van der Waals surface area contributed by atoms with E-state index in [2.05, 4.69) is 0 Å². The minimum Gasteiger partial charge on any atom is -0.468 e. The molecule has 0 amide bonds. The number of carbonyl (C=O) groups excluding carboxylic acids is 2. The molecule has 4 rings (SSSR count). The molecular weight excluding hydrogens is 418 g/mol. The van der Waals surface area contributed by atoms with Crippen molar-refractivity contribution in [1.82, 2.24) is 5.06 Å². The van der Waals surface area contributed by atoms with Crippen LogP contribution in [0.25, 0.3) is 0 Å². The Hall–Kier alpha value is -2.94. The zero-order valence-corrected chi connectivity index (χ0v) is 18.0. The molecule has 8 heteroatoms. The van der Waals surface area contributed by atoms with Gasteiger partial charge in [0.05, 0.1) is 26.5 Å². The summed E-state index contributed by atoms with van der Waals surface area (Å²) in [4.78, 5) is 33.7. The highest BCUT2D eigenvalue weighted by atomic mass is 32.1. The fraction of sp³-hybridized carbons (Fsp3) is 0.304. The van der Waals surface area contributed by atoms with Gasteiger partial charge in [0.15, 0.2) is 5.41 Å². The van der Waals surface area contributed by atoms with Crippen molar-refractivity contribution < 1.29 is 28.3 Å². The molecule has 31 heavy (non-hydrogen) atoms. The first-order valence-corrected chi connectivity index (χ1v) is 10.7. The highest BCUT2D eigenvalue weighted by Gasteiger charge is 2.62. The number of hydrogen-bond acceptors (Lipinski definition) is 8. The molecule has 0 radical (unpaired) electrons. The Morgan fingerprint density at radius 3 is 2.39 bits per heavy atom. The average Bonchev–Trinajstić information content (AvgIpc) is 3.52. The Bertz CT molecular complexity index is 986. The first kappa shape index (κ1) is 21.3. The standard InChI is InChI=1S/C23H23NO6S/c1-27-21(25)23(22(26)28-2)14-18(17-10-6-12-29-17)30-24(15-16-8-4-3-5-9-16)20(23)19-11-7-13-31-19/h3-13,18,20H,14-15H2,1-2H3/t18-,20-/m1/s1. The Morgan fingerprint density at radius 2 is 1.81 bits per heavy atom. The van der Waals surface area contributed by atoms with Crippen LogP contribution in [0.1, 0.15) is 34.8 Å². The Labute approximate surface area is 184 Å². The highest BCUT2D eigenvalue weighted by Crippen LogP contribution is 2.53. The fourth-order valence-electron chi connectivity index (χ4n) is 4.10. The van der Waals surface area contributed by atoms with Crippen LogP contribution in [-0.4, -0.2) is 31.2 Å². The van der Waals surface area contributed by atoms with Crippen LogP contribution in [0.4, 0.5) is 0 Å². The number of carbonyl (C=O) groups is 2. The van der Waals surface area contributed by atoms with Crippen LogP contribution in [0.15, 0.2) is 70.7 Å². The number of benzene rings is 1. The lowest BCUT2D eigenvalue weighted by Gasteiger charge is -2.47. The Kier molecular flexibility index (Phi) is 6.22. The zero-order chi connectivity index (χ0) is 21.8. The molecule has 0 saturated carbocycles. The number of nitrogens with zero attached hydrogens (tertiary/aromatic N) is 1. The van der Waals surface area contributed by atoms with Gasteiger partial charge in [-0.1, -0.05) is 36.4 Å². The summed E-state index contributed by atoms with van der Waals surface area (Å²) in [6.45, 7) is 0.344. The summed E-state index contributed by atoms with van der Waals surface area (Å²) in [5.74, 6) is -0.828. The van der Waals surface area contributed by atoms with E-state index in [9.17, 15) is 9.59 Å². The number of thiophene rings is 1. The van der Waals surface area contributed by atoms with Crippen LogP contribution in [-0.2, 0) is 30.4 Å². The molecule has 0 aliphatic carbocycles. The minimum absolute atomic E-state index is 0.0215. The van der Waals surface area contributed by atoms with Gasteiger partial charge in [0, 0.05) is 17.8 Å². The molecule has 0 spiro atoms. The summed E-state index contributed by atoms with van der Waals surface area (Å²) in [5, 5.41) is 3.57. The molecule has 162 valence electrons. The summed E-state index contributed by atoms with van der Waals surface area (Å²) in [5.41, 5.74) is -0.674. The molecule has 0 bridgehead atoms. The summed E-state index contributed by atoms with van der Waals surface area (Å²) >= 11 is 1.44. The van der Waals surface area contributed by atoms with Crippen LogP contribution < -0.4 is 0 Å². The third kappa shape index (κ3) is 3.89. The third-order valence-corrected chi connectivity index (χ3v) is 6.40. The van der Waals surface area contributed by atoms with Crippen LogP contribution in [0, 0.1) is 5.41 Å². The topological polar surface area (TPSA) is 78.2 Å². The summed E-state index contributed by atoms with van der Waals surface area (Å²) < 4.78 is 15.9. The lowest BCUT2D eigenvalue weighted by molar-refractivity contribution is -0.297. The SMILES string of the molecule is COC(=O)C1(C(=O)OC)C[C@H](c2ccco2)ON(Cc2ccccc2)[C@@H]1c1cccs1. The lowest BCUT2D eigenvalue weighted by atomic mass is 9.73. The van der Waals surface area contributed by atoms with Gasteiger partial charge in [-0.3, -0.25) is 14.4 Å². The number of ether oxygens (including phenoxy) is 2. The summed E-state index contributed by atoms with van der Waals surface area (Å²) in [6.07, 6.45) is 0.880. The van der Waals surface area contributed by atoms with Gasteiger partial charge in [-0.25, -0.2) is 0 Å². The monoisotopic (exact) mass is 441 g/mol. The molecule has 3 heterocycles. The predicted octanol–water partition coefficient (Wildman–Crippen LogP) is 4.29. The van der Waals surface area contributed by atoms with E-state index in [1.165, 1.54) is 31.8 Å². The first-order valence-electron chi connectivity index (χ1n) is 9.81. The smallest absolute Gasteiger partial charge is 0.325 e. The van der Waals surface area contributed by atoms with Crippen molar-refractivity contribution in [2.75, 3.05) is 14.2 Å². The Balaban J connectivity index is 1.87. The van der Waals surface area contributed by atoms with Gasteiger partial charge in [0.2, 0.25) is 0 Å². The highest BCUT2D eigenvalue weighted by molar-refractivity contribution is 7.10. The van der Waals surface area contributed by atoms with E-state index in [-0.39, 0.29) is 6.42 Å². The summed E-state index contributed by atoms with van der Waals surface area (Å²) in [6, 6.07) is 16.2. The van der Waals surface area contributed by atoms with Crippen LogP contribution in [0.3, 0.4) is 0 Å². The molecule has 1 fully saturated rings. The molecule has 2 aromatic heterocycles. The average molecular weight is 442 g/mol. The molecule has 1 saturated heterocycles. The summed E-state index contributed by atoms with van der Waals surface area (Å²) in [7, 11) is 2.55. The predicted molar refractivity (Wildman–Crippen MR) is 113 cm³/mol. The van der Waals surface area contributed by atoms with E-state index < -0.39 is 29.5 Å². The van der Waals surface area contributed by atoms with Crippen molar-refractivity contribution in [3.05, 3.63) is 82.4 Å². The number of hydrogen-bond donors (Lipinski definition) is 0. The first-order chi connectivity index (χ1) is 15.1. The number of methoxy groups -OCH3 is 2. The van der Waals surface area contributed by atoms with E-state index in [0.29, 0.717) is 12.3 Å². The third-order valence-electron chi connectivity index (χ3n) is 5.48. The van der Waals surface area contributed by atoms with E-state index in [1.54, 1.807) is 17.2 Å². The van der Waals surface area contributed by atoms with E-state index in [4.69, 9.17) is 18.7 Å². The van der Waals surface area contributed by atoms with Gasteiger partial charge < -0.3 is 13.9 Å². The van der Waals surface area contributed by atoms with E-state index >= 15 is 0 Å². The van der Waals surface area contributed by atoms with Crippen molar-refractivity contribution in [3.63, 3.8) is 0 Å². The van der Waals surface area contributed by atoms with Crippen molar-refractivity contribution in [3.8, 4) is 0 Å². The largest absolute Gasteiger partial charge is 0.468 e. The second kappa shape index (κ2) is 9.05. The normalized spacial score (nSPS) is 20.8. The molecular formula is C23H23NO6S. The molecule has 1 aromatic carbocycles. The second-order valence-corrected chi connectivity index (χ2v) is 8.23. The fourth-order valence-corrected chi connectivity index (χ4v) is 5.02. The molecule has 7 nitrogen and oxygen atoms in total. The molecule has 2 atom stereocenters. The van der Waals surface area contributed by atoms with Crippen molar-refractivity contribution >= 4 is 23.3 Å². The Morgan fingerprint density at radius 1 is 1.06 bits per heavy atom. The number of hydroxylamine groups is 2. The minimum atomic E-state index is -1.64. The van der Waals surface area contributed by atoms with Gasteiger partial charge >= 0.3 is 11.9 Å². The van der Waals surface area contributed by atoms with Gasteiger partial charge in [-0.15, -0.1) is 11.3 Å². The van der Waals surface area contributed by atoms with E-state index in [1.807, 2.05) is 47.8 Å². The lowest BCUT2D eigenvalue weighted by Crippen LogP contribution is -2.56. The van der Waals surface area contributed by atoms with Gasteiger partial charge in [0.1, 0.15) is 11.9 Å². The maximum absolute atomic E-state index is 13.3. The van der Waals surface area contributed by atoms with Crippen LogP contribution in [0.5, 0.6) is 0 Å². The maximum atomic E-state index is 13.3. The second-order valence-electron chi connectivity index (χ2n) is 7.25. The zero-order valence-electron chi connectivity index (χ0n) is 17.2. The number of rotatable bonds is 6. The molecule has 0 unspecified atom stereocenters.